The van der Waals surface area contributed by atoms with Gasteiger partial charge in [-0.1, -0.05) is 30.0 Å². The van der Waals surface area contributed by atoms with E-state index in [0.29, 0.717) is 28.8 Å². The van der Waals surface area contributed by atoms with E-state index in [1.54, 1.807) is 73.0 Å². The second-order valence-corrected chi connectivity index (χ2v) is 10.5. The molecule has 0 spiro atoms. The van der Waals surface area contributed by atoms with Gasteiger partial charge in [0, 0.05) is 12.2 Å². The molecule has 0 fully saturated rings. The molecule has 3 rings (SSSR count). The Morgan fingerprint density at radius 3 is 2.35 bits per heavy atom. The van der Waals surface area contributed by atoms with Crippen molar-refractivity contribution in [2.45, 2.75) is 49.2 Å². The number of amides is 1. The van der Waals surface area contributed by atoms with E-state index in [0.717, 1.165) is 11.8 Å². The van der Waals surface area contributed by atoms with Crippen molar-refractivity contribution in [3.63, 3.8) is 0 Å². The van der Waals surface area contributed by atoms with E-state index in [2.05, 4.69) is 15.5 Å². The zero-order valence-electron chi connectivity index (χ0n) is 19.1. The van der Waals surface area contributed by atoms with Crippen LogP contribution in [0.2, 0.25) is 0 Å². The van der Waals surface area contributed by atoms with Crippen molar-refractivity contribution in [3.8, 4) is 0 Å². The predicted molar refractivity (Wildman–Crippen MR) is 129 cm³/mol. The van der Waals surface area contributed by atoms with E-state index in [1.807, 2.05) is 6.92 Å². The number of aromatic nitrogens is 3. The number of esters is 1. The summed E-state index contributed by atoms with van der Waals surface area (Å²) in [6.45, 7) is 5.87. The van der Waals surface area contributed by atoms with Crippen LogP contribution in [0.5, 0.6) is 0 Å². The number of hydrogen-bond donors (Lipinski definition) is 1. The number of nitrogens with zero attached hydrogens (tertiary/aromatic N) is 3. The SMILES string of the molecule is CCn1c(CS(=O)(=O)c2ccccc2)nnc1SCC(=O)Nc1ccc(C(=O)OC(C)C)cc1. The van der Waals surface area contributed by atoms with Crippen molar-refractivity contribution in [1.82, 2.24) is 14.8 Å². The van der Waals surface area contributed by atoms with Gasteiger partial charge in [-0.3, -0.25) is 4.79 Å². The molecule has 0 aliphatic rings. The summed E-state index contributed by atoms with van der Waals surface area (Å²) < 4.78 is 32.2. The van der Waals surface area contributed by atoms with Crippen LogP contribution in [0.3, 0.4) is 0 Å². The number of ether oxygens (including phenoxy) is 1. The molecule has 11 heteroatoms. The van der Waals surface area contributed by atoms with Crippen molar-refractivity contribution < 1.29 is 22.7 Å². The number of carbonyl (C=O) groups is 2. The Morgan fingerprint density at radius 1 is 1.06 bits per heavy atom. The maximum absolute atomic E-state index is 12.7. The summed E-state index contributed by atoms with van der Waals surface area (Å²) >= 11 is 1.16. The van der Waals surface area contributed by atoms with Crippen LogP contribution >= 0.6 is 11.8 Å². The molecule has 0 aliphatic heterocycles. The van der Waals surface area contributed by atoms with Gasteiger partial charge in [0.1, 0.15) is 11.6 Å². The maximum Gasteiger partial charge on any atom is 0.338 e. The lowest BCUT2D eigenvalue weighted by molar-refractivity contribution is -0.113. The van der Waals surface area contributed by atoms with Crippen LogP contribution in [0.1, 0.15) is 37.0 Å². The van der Waals surface area contributed by atoms with E-state index < -0.39 is 15.8 Å². The third-order valence-electron chi connectivity index (χ3n) is 4.61. The summed E-state index contributed by atoms with van der Waals surface area (Å²) in [5, 5.41) is 11.3. The quantitative estimate of drug-likeness (QED) is 0.330. The number of nitrogens with one attached hydrogen (secondary N) is 1. The summed E-state index contributed by atoms with van der Waals surface area (Å²) in [5.41, 5.74) is 0.938. The van der Waals surface area contributed by atoms with Gasteiger partial charge in [0.2, 0.25) is 5.91 Å². The standard InChI is InChI=1S/C23H26N4O5S2/c1-4-27-20(15-34(30,31)19-8-6-5-7-9-19)25-26-23(27)33-14-21(28)24-18-12-10-17(11-13-18)22(29)32-16(2)3/h5-13,16H,4,14-15H2,1-3H3,(H,24,28). The summed E-state index contributed by atoms with van der Waals surface area (Å²) in [6.07, 6.45) is -0.215. The first-order chi connectivity index (χ1) is 16.2. The van der Waals surface area contributed by atoms with Crippen LogP contribution < -0.4 is 5.32 Å². The van der Waals surface area contributed by atoms with Gasteiger partial charge in [-0.15, -0.1) is 10.2 Å². The van der Waals surface area contributed by atoms with Gasteiger partial charge in [-0.05, 0) is 57.2 Å². The number of thioether (sulfide) groups is 1. The third kappa shape index (κ3) is 6.67. The first kappa shape index (κ1) is 25.4. The smallest absolute Gasteiger partial charge is 0.338 e. The molecule has 0 radical (unpaired) electrons. The Hall–Kier alpha value is -3.18. The number of hydrogen-bond acceptors (Lipinski definition) is 8. The Balaban J connectivity index is 1.60. The topological polar surface area (TPSA) is 120 Å². The maximum atomic E-state index is 12.7. The molecule has 0 atom stereocenters. The van der Waals surface area contributed by atoms with Gasteiger partial charge < -0.3 is 14.6 Å². The lowest BCUT2D eigenvalue weighted by atomic mass is 10.2. The minimum absolute atomic E-state index is 0.0563. The monoisotopic (exact) mass is 502 g/mol. The lowest BCUT2D eigenvalue weighted by Gasteiger charge is -2.09. The minimum Gasteiger partial charge on any atom is -0.459 e. The molecule has 1 heterocycles. The molecule has 3 aromatic rings. The first-order valence-corrected chi connectivity index (χ1v) is 13.3. The number of carbonyl (C=O) groups excluding carboxylic acids is 2. The van der Waals surface area contributed by atoms with Gasteiger partial charge in [0.15, 0.2) is 15.0 Å². The average molecular weight is 503 g/mol. The minimum atomic E-state index is -3.57. The predicted octanol–water partition coefficient (Wildman–Crippen LogP) is 3.57. The van der Waals surface area contributed by atoms with E-state index >= 15 is 0 Å². The number of anilines is 1. The van der Waals surface area contributed by atoms with E-state index in [4.69, 9.17) is 4.74 Å². The summed E-state index contributed by atoms with van der Waals surface area (Å²) in [7, 11) is -3.57. The van der Waals surface area contributed by atoms with Crippen molar-refractivity contribution in [3.05, 3.63) is 66.0 Å². The third-order valence-corrected chi connectivity index (χ3v) is 7.21. The molecule has 34 heavy (non-hydrogen) atoms. The largest absolute Gasteiger partial charge is 0.459 e. The molecule has 0 bridgehead atoms. The van der Waals surface area contributed by atoms with Crippen LogP contribution in [0.4, 0.5) is 5.69 Å². The molecule has 2 aromatic carbocycles. The number of sulfone groups is 1. The molecule has 0 saturated carbocycles. The fourth-order valence-corrected chi connectivity index (χ4v) is 5.14. The Bertz CT molecular complexity index is 1240. The van der Waals surface area contributed by atoms with Gasteiger partial charge >= 0.3 is 5.97 Å². The molecular formula is C23H26N4O5S2. The molecule has 180 valence electrons. The Kier molecular flexibility index (Phi) is 8.46. The molecule has 1 amide bonds. The normalized spacial score (nSPS) is 11.4. The van der Waals surface area contributed by atoms with Crippen LogP contribution in [0.25, 0.3) is 0 Å². The Morgan fingerprint density at radius 2 is 1.74 bits per heavy atom. The van der Waals surface area contributed by atoms with Gasteiger partial charge in [0.05, 0.1) is 22.3 Å². The fourth-order valence-electron chi connectivity index (χ4n) is 3.03. The fraction of sp³-hybridized carbons (Fsp3) is 0.304. The highest BCUT2D eigenvalue weighted by molar-refractivity contribution is 7.99. The van der Waals surface area contributed by atoms with Crippen LogP contribution in [0.15, 0.2) is 64.6 Å². The lowest BCUT2D eigenvalue weighted by Crippen LogP contribution is -2.15. The van der Waals surface area contributed by atoms with E-state index in [1.165, 1.54) is 0 Å². The first-order valence-electron chi connectivity index (χ1n) is 10.6. The molecule has 0 saturated heterocycles. The summed E-state index contributed by atoms with van der Waals surface area (Å²) in [4.78, 5) is 24.5. The van der Waals surface area contributed by atoms with E-state index in [9.17, 15) is 18.0 Å². The number of benzene rings is 2. The van der Waals surface area contributed by atoms with Crippen molar-refractivity contribution in [1.29, 1.82) is 0 Å². The number of rotatable bonds is 10. The zero-order valence-corrected chi connectivity index (χ0v) is 20.7. The second-order valence-electron chi connectivity index (χ2n) is 7.58. The van der Waals surface area contributed by atoms with Crippen molar-refractivity contribution >= 4 is 39.2 Å². The molecule has 9 nitrogen and oxygen atoms in total. The van der Waals surface area contributed by atoms with Gasteiger partial charge in [-0.25, -0.2) is 13.2 Å². The van der Waals surface area contributed by atoms with Crippen molar-refractivity contribution in [2.75, 3.05) is 11.1 Å². The van der Waals surface area contributed by atoms with Gasteiger partial charge in [0.25, 0.3) is 0 Å². The van der Waals surface area contributed by atoms with Gasteiger partial charge in [-0.2, -0.15) is 0 Å². The zero-order chi connectivity index (χ0) is 24.7. The van der Waals surface area contributed by atoms with Crippen LogP contribution in [-0.4, -0.2) is 46.9 Å². The molecule has 0 aliphatic carbocycles. The molecule has 1 aromatic heterocycles. The summed E-state index contributed by atoms with van der Waals surface area (Å²) in [6, 6.07) is 14.6. The highest BCUT2D eigenvalue weighted by Gasteiger charge is 2.21. The second kappa shape index (κ2) is 11.3. The summed E-state index contributed by atoms with van der Waals surface area (Å²) in [5.74, 6) is -0.603. The van der Waals surface area contributed by atoms with Crippen LogP contribution in [0, 0.1) is 0 Å². The van der Waals surface area contributed by atoms with E-state index in [-0.39, 0.29) is 28.4 Å². The molecule has 0 unspecified atom stereocenters. The highest BCUT2D eigenvalue weighted by Crippen LogP contribution is 2.21. The average Bonchev–Trinajstić information content (AvgIpc) is 3.19. The molecule has 1 N–H and O–H groups in total. The van der Waals surface area contributed by atoms with Crippen molar-refractivity contribution in [2.24, 2.45) is 0 Å². The highest BCUT2D eigenvalue weighted by atomic mass is 32.2. The molecular weight excluding hydrogens is 476 g/mol. The van der Waals surface area contributed by atoms with Crippen LogP contribution in [-0.2, 0) is 31.7 Å². The Labute approximate surface area is 202 Å².